The lowest BCUT2D eigenvalue weighted by Crippen LogP contribution is -2.53. The lowest BCUT2D eigenvalue weighted by atomic mass is 10.1. The number of aliphatic imine (C=N–C) groups is 1. The monoisotopic (exact) mass is 519 g/mol. The fourth-order valence-electron chi connectivity index (χ4n) is 2.85. The lowest BCUT2D eigenvalue weighted by Gasteiger charge is -2.35. The molecule has 1 atom stereocenters. The van der Waals surface area contributed by atoms with Crippen molar-refractivity contribution in [1.82, 2.24) is 20.5 Å². The standard InChI is InChI=1S/C20H33N5O3.HI/c1-5-22-18(23-11-13-27-17-9-6-10-21-14-17)24-16-8-7-12-25(15-16)19(26)28-20(2,3)4;/h6,9-10,14,16H,5,7-8,11-13,15H2,1-4H3,(H2,22,23,24);1H. The van der Waals surface area contributed by atoms with Crippen molar-refractivity contribution in [2.45, 2.75) is 52.2 Å². The average molecular weight is 519 g/mol. The van der Waals surface area contributed by atoms with Gasteiger partial charge in [0.2, 0.25) is 0 Å². The molecule has 164 valence electrons. The third kappa shape index (κ3) is 10.00. The fraction of sp³-hybridized carbons (Fsp3) is 0.650. The molecule has 1 aromatic rings. The van der Waals surface area contributed by atoms with Crippen LogP contribution in [0.4, 0.5) is 4.79 Å². The van der Waals surface area contributed by atoms with Crippen molar-refractivity contribution in [1.29, 1.82) is 0 Å². The maximum atomic E-state index is 12.3. The molecule has 1 unspecified atom stereocenters. The molecule has 2 N–H and O–H groups in total. The molecule has 0 spiro atoms. The Hall–Kier alpha value is -1.78. The van der Waals surface area contributed by atoms with E-state index in [-0.39, 0.29) is 36.1 Å². The second-order valence-corrected chi connectivity index (χ2v) is 7.71. The first-order valence-corrected chi connectivity index (χ1v) is 9.93. The van der Waals surface area contributed by atoms with Crippen LogP contribution in [0.2, 0.25) is 0 Å². The largest absolute Gasteiger partial charge is 0.490 e. The summed E-state index contributed by atoms with van der Waals surface area (Å²) in [5.74, 6) is 1.46. The van der Waals surface area contributed by atoms with Gasteiger partial charge in [-0.2, -0.15) is 0 Å². The van der Waals surface area contributed by atoms with Gasteiger partial charge in [0, 0.05) is 31.9 Å². The molecular formula is C20H34IN5O3. The van der Waals surface area contributed by atoms with E-state index in [4.69, 9.17) is 9.47 Å². The Balaban J connectivity index is 0.00000420. The van der Waals surface area contributed by atoms with Crippen LogP contribution in [0, 0.1) is 0 Å². The van der Waals surface area contributed by atoms with Crippen LogP contribution in [-0.2, 0) is 4.74 Å². The number of pyridine rings is 1. The highest BCUT2D eigenvalue weighted by atomic mass is 127. The molecule has 2 heterocycles. The molecule has 1 amide bonds. The van der Waals surface area contributed by atoms with Crippen molar-refractivity contribution < 1.29 is 14.3 Å². The predicted octanol–water partition coefficient (Wildman–Crippen LogP) is 3.03. The smallest absolute Gasteiger partial charge is 0.410 e. The highest BCUT2D eigenvalue weighted by Crippen LogP contribution is 2.15. The van der Waals surface area contributed by atoms with E-state index in [1.54, 1.807) is 17.3 Å². The van der Waals surface area contributed by atoms with Crippen LogP contribution < -0.4 is 15.4 Å². The summed E-state index contributed by atoms with van der Waals surface area (Å²) in [6, 6.07) is 3.84. The molecule has 1 aliphatic heterocycles. The van der Waals surface area contributed by atoms with Gasteiger partial charge in [-0.3, -0.25) is 4.98 Å². The number of aromatic nitrogens is 1. The summed E-state index contributed by atoms with van der Waals surface area (Å²) in [4.78, 5) is 22.7. The number of amides is 1. The molecule has 2 rings (SSSR count). The number of nitrogens with one attached hydrogen (secondary N) is 2. The van der Waals surface area contributed by atoms with E-state index in [1.807, 2.05) is 39.8 Å². The van der Waals surface area contributed by atoms with E-state index in [9.17, 15) is 4.79 Å². The van der Waals surface area contributed by atoms with Crippen LogP contribution in [-0.4, -0.2) is 66.4 Å². The summed E-state index contributed by atoms with van der Waals surface area (Å²) in [6.45, 7) is 10.8. The minimum atomic E-state index is -0.484. The quantitative estimate of drug-likeness (QED) is 0.260. The third-order valence-electron chi connectivity index (χ3n) is 4.02. The molecule has 29 heavy (non-hydrogen) atoms. The number of piperidine rings is 1. The van der Waals surface area contributed by atoms with Gasteiger partial charge in [-0.25, -0.2) is 9.79 Å². The number of hydrogen-bond donors (Lipinski definition) is 2. The van der Waals surface area contributed by atoms with E-state index in [1.165, 1.54) is 0 Å². The Morgan fingerprint density at radius 2 is 2.21 bits per heavy atom. The Labute approximate surface area is 190 Å². The molecular weight excluding hydrogens is 485 g/mol. The van der Waals surface area contributed by atoms with E-state index in [0.717, 1.165) is 37.6 Å². The number of halogens is 1. The molecule has 0 radical (unpaired) electrons. The van der Waals surface area contributed by atoms with Crippen LogP contribution in [0.25, 0.3) is 0 Å². The normalized spacial score (nSPS) is 17.2. The lowest BCUT2D eigenvalue weighted by molar-refractivity contribution is 0.0193. The predicted molar refractivity (Wildman–Crippen MR) is 125 cm³/mol. The second-order valence-electron chi connectivity index (χ2n) is 7.71. The first-order chi connectivity index (χ1) is 13.4. The second kappa shape index (κ2) is 12.7. The number of carbonyl (C=O) groups is 1. The molecule has 0 saturated carbocycles. The first-order valence-electron chi connectivity index (χ1n) is 9.93. The summed E-state index contributed by atoms with van der Waals surface area (Å²) >= 11 is 0. The fourth-order valence-corrected chi connectivity index (χ4v) is 2.85. The van der Waals surface area contributed by atoms with Crippen LogP contribution in [0.5, 0.6) is 5.75 Å². The SMILES string of the molecule is CCNC(=NCCOc1cccnc1)NC1CCCN(C(=O)OC(C)(C)C)C1.I. The zero-order chi connectivity index (χ0) is 20.4. The Morgan fingerprint density at radius 3 is 2.86 bits per heavy atom. The van der Waals surface area contributed by atoms with E-state index in [0.29, 0.717) is 19.7 Å². The zero-order valence-electron chi connectivity index (χ0n) is 17.8. The van der Waals surface area contributed by atoms with Crippen molar-refractivity contribution >= 4 is 36.0 Å². The Morgan fingerprint density at radius 1 is 1.41 bits per heavy atom. The summed E-state index contributed by atoms with van der Waals surface area (Å²) in [6.07, 6.45) is 5.05. The van der Waals surface area contributed by atoms with Crippen molar-refractivity contribution in [3.05, 3.63) is 24.5 Å². The number of likely N-dealkylation sites (tertiary alicyclic amines) is 1. The molecule has 1 fully saturated rings. The zero-order valence-corrected chi connectivity index (χ0v) is 20.1. The number of guanidine groups is 1. The van der Waals surface area contributed by atoms with Crippen molar-refractivity contribution in [2.24, 2.45) is 4.99 Å². The summed E-state index contributed by atoms with van der Waals surface area (Å²) in [5.41, 5.74) is -0.484. The molecule has 1 saturated heterocycles. The Bertz CT molecular complexity index is 637. The van der Waals surface area contributed by atoms with Crippen LogP contribution >= 0.6 is 24.0 Å². The van der Waals surface area contributed by atoms with Gasteiger partial charge in [0.15, 0.2) is 5.96 Å². The number of nitrogens with zero attached hydrogens (tertiary/aromatic N) is 3. The van der Waals surface area contributed by atoms with Gasteiger partial charge in [0.1, 0.15) is 18.0 Å². The van der Waals surface area contributed by atoms with Gasteiger partial charge in [-0.1, -0.05) is 0 Å². The molecule has 0 aromatic carbocycles. The average Bonchev–Trinajstić information content (AvgIpc) is 2.65. The molecule has 9 heteroatoms. The minimum Gasteiger partial charge on any atom is -0.490 e. The maximum absolute atomic E-state index is 12.3. The molecule has 8 nitrogen and oxygen atoms in total. The van der Waals surface area contributed by atoms with Gasteiger partial charge >= 0.3 is 6.09 Å². The molecule has 1 aromatic heterocycles. The number of rotatable bonds is 6. The van der Waals surface area contributed by atoms with Crippen LogP contribution in [0.15, 0.2) is 29.5 Å². The van der Waals surface area contributed by atoms with Gasteiger partial charge < -0.3 is 25.0 Å². The van der Waals surface area contributed by atoms with E-state index >= 15 is 0 Å². The summed E-state index contributed by atoms with van der Waals surface area (Å²) in [5, 5.41) is 6.67. The van der Waals surface area contributed by atoms with Gasteiger partial charge in [-0.15, -0.1) is 24.0 Å². The number of carbonyl (C=O) groups excluding carboxylic acids is 1. The summed E-state index contributed by atoms with van der Waals surface area (Å²) < 4.78 is 11.1. The number of hydrogen-bond acceptors (Lipinski definition) is 5. The van der Waals surface area contributed by atoms with E-state index in [2.05, 4.69) is 20.6 Å². The highest BCUT2D eigenvalue weighted by Gasteiger charge is 2.27. The third-order valence-corrected chi connectivity index (χ3v) is 4.02. The number of ether oxygens (including phenoxy) is 2. The molecule has 0 aliphatic carbocycles. The summed E-state index contributed by atoms with van der Waals surface area (Å²) in [7, 11) is 0. The first kappa shape index (κ1) is 25.3. The van der Waals surface area contributed by atoms with Crippen LogP contribution in [0.1, 0.15) is 40.5 Å². The van der Waals surface area contributed by atoms with Gasteiger partial charge in [0.05, 0.1) is 12.7 Å². The molecule has 1 aliphatic rings. The highest BCUT2D eigenvalue weighted by molar-refractivity contribution is 14.0. The topological polar surface area (TPSA) is 88.1 Å². The Kier molecular flexibility index (Phi) is 11.1. The van der Waals surface area contributed by atoms with Gasteiger partial charge in [0.25, 0.3) is 0 Å². The van der Waals surface area contributed by atoms with E-state index < -0.39 is 5.60 Å². The van der Waals surface area contributed by atoms with Crippen LogP contribution in [0.3, 0.4) is 0 Å². The minimum absolute atomic E-state index is 0. The van der Waals surface area contributed by atoms with Gasteiger partial charge in [-0.05, 0) is 52.7 Å². The maximum Gasteiger partial charge on any atom is 0.410 e. The molecule has 0 bridgehead atoms. The van der Waals surface area contributed by atoms with Crippen molar-refractivity contribution in [3.8, 4) is 5.75 Å². The van der Waals surface area contributed by atoms with Crippen molar-refractivity contribution in [2.75, 3.05) is 32.8 Å². The van der Waals surface area contributed by atoms with Crippen molar-refractivity contribution in [3.63, 3.8) is 0 Å².